The van der Waals surface area contributed by atoms with Gasteiger partial charge in [0.2, 0.25) is 0 Å². The van der Waals surface area contributed by atoms with Crippen LogP contribution in [0.15, 0.2) is 16.5 Å². The van der Waals surface area contributed by atoms with Crippen molar-refractivity contribution in [3.05, 3.63) is 23.7 Å². The Morgan fingerprint density at radius 2 is 2.05 bits per heavy atom. The second kappa shape index (κ2) is 5.53. The van der Waals surface area contributed by atoms with Gasteiger partial charge in [0.05, 0.1) is 6.04 Å². The monoisotopic (exact) mass is 276 g/mol. The summed E-state index contributed by atoms with van der Waals surface area (Å²) in [5.41, 5.74) is 0.362. The molecule has 1 aliphatic heterocycles. The highest BCUT2D eigenvalue weighted by Crippen LogP contribution is 2.35. The first-order valence-corrected chi connectivity index (χ1v) is 8.17. The van der Waals surface area contributed by atoms with E-state index < -0.39 is 0 Å². The molecule has 1 aromatic heterocycles. The molecule has 0 bridgehead atoms. The van der Waals surface area contributed by atoms with Gasteiger partial charge in [0.25, 0.3) is 0 Å². The molecule has 3 heteroatoms. The van der Waals surface area contributed by atoms with Crippen LogP contribution in [0.5, 0.6) is 0 Å². The molecule has 2 unspecified atom stereocenters. The average molecular weight is 276 g/mol. The van der Waals surface area contributed by atoms with Crippen LogP contribution in [-0.2, 0) is 0 Å². The van der Waals surface area contributed by atoms with Crippen molar-refractivity contribution in [3.63, 3.8) is 0 Å². The van der Waals surface area contributed by atoms with Gasteiger partial charge in [-0.15, -0.1) is 0 Å². The van der Waals surface area contributed by atoms with Gasteiger partial charge in [0, 0.05) is 24.7 Å². The number of furan rings is 1. The summed E-state index contributed by atoms with van der Waals surface area (Å²) in [6, 6.07) is 5.17. The molecule has 2 heterocycles. The van der Waals surface area contributed by atoms with Crippen LogP contribution in [0.4, 0.5) is 0 Å². The van der Waals surface area contributed by atoms with Crippen molar-refractivity contribution in [2.75, 3.05) is 13.1 Å². The van der Waals surface area contributed by atoms with Crippen LogP contribution in [-0.4, -0.2) is 29.6 Å². The predicted octanol–water partition coefficient (Wildman–Crippen LogP) is 3.65. The highest BCUT2D eigenvalue weighted by Gasteiger charge is 2.40. The zero-order chi connectivity index (χ0) is 14.2. The Morgan fingerprint density at radius 3 is 2.70 bits per heavy atom. The molecule has 2 aliphatic rings. The maximum Gasteiger partial charge on any atom is 0.121 e. The summed E-state index contributed by atoms with van der Waals surface area (Å²) < 4.78 is 5.86. The van der Waals surface area contributed by atoms with Crippen molar-refractivity contribution in [1.29, 1.82) is 0 Å². The van der Waals surface area contributed by atoms with Crippen LogP contribution in [0.3, 0.4) is 0 Å². The molecular weight excluding hydrogens is 248 g/mol. The van der Waals surface area contributed by atoms with E-state index in [9.17, 15) is 0 Å². The first-order valence-electron chi connectivity index (χ1n) is 8.17. The zero-order valence-corrected chi connectivity index (χ0v) is 13.1. The fourth-order valence-electron chi connectivity index (χ4n) is 3.97. The van der Waals surface area contributed by atoms with Crippen LogP contribution in [0.25, 0.3) is 0 Å². The van der Waals surface area contributed by atoms with Crippen LogP contribution in [0.2, 0.25) is 0 Å². The molecule has 1 saturated carbocycles. The number of hydrogen-bond acceptors (Lipinski definition) is 3. The van der Waals surface area contributed by atoms with E-state index in [-0.39, 0.29) is 0 Å². The maximum atomic E-state index is 5.86. The molecule has 112 valence electrons. The van der Waals surface area contributed by atoms with Crippen LogP contribution < -0.4 is 5.32 Å². The van der Waals surface area contributed by atoms with E-state index in [1.54, 1.807) is 0 Å². The topological polar surface area (TPSA) is 28.4 Å². The van der Waals surface area contributed by atoms with Gasteiger partial charge in [-0.3, -0.25) is 4.90 Å². The number of nitrogens with one attached hydrogen (secondary N) is 1. The third-order valence-corrected chi connectivity index (χ3v) is 5.30. The number of hydrogen-bond donors (Lipinski definition) is 1. The Hall–Kier alpha value is -0.800. The van der Waals surface area contributed by atoms with Crippen molar-refractivity contribution in [1.82, 2.24) is 10.2 Å². The van der Waals surface area contributed by atoms with Gasteiger partial charge >= 0.3 is 0 Å². The van der Waals surface area contributed by atoms with Gasteiger partial charge in [-0.2, -0.15) is 0 Å². The molecule has 1 aliphatic carbocycles. The van der Waals surface area contributed by atoms with E-state index in [2.05, 4.69) is 36.2 Å². The van der Waals surface area contributed by atoms with E-state index in [0.29, 0.717) is 17.6 Å². The highest BCUT2D eigenvalue weighted by atomic mass is 16.3. The first-order chi connectivity index (χ1) is 9.60. The lowest BCUT2D eigenvalue weighted by molar-refractivity contribution is 0.0290. The van der Waals surface area contributed by atoms with Gasteiger partial charge in [-0.1, -0.05) is 19.3 Å². The van der Waals surface area contributed by atoms with E-state index >= 15 is 0 Å². The number of rotatable bonds is 2. The number of nitrogens with zero attached hydrogens (tertiary/aromatic N) is 1. The van der Waals surface area contributed by atoms with Crippen molar-refractivity contribution >= 4 is 0 Å². The van der Waals surface area contributed by atoms with Gasteiger partial charge in [0.1, 0.15) is 11.5 Å². The predicted molar refractivity (Wildman–Crippen MR) is 81.8 cm³/mol. The standard InChI is InChI=1S/C17H28N2O/c1-13-11-18-17(9-5-4-6-10-17)12-19(13)15(3)16-8-7-14(2)20-16/h7-8,13,15,18H,4-6,9-12H2,1-3H3. The number of aryl methyl sites for hydroxylation is 1. The fraction of sp³-hybridized carbons (Fsp3) is 0.765. The van der Waals surface area contributed by atoms with Crippen LogP contribution in [0, 0.1) is 6.92 Å². The van der Waals surface area contributed by atoms with E-state index in [0.717, 1.165) is 24.6 Å². The molecule has 0 amide bonds. The maximum absolute atomic E-state index is 5.86. The Kier molecular flexibility index (Phi) is 3.91. The second-order valence-corrected chi connectivity index (χ2v) is 6.87. The van der Waals surface area contributed by atoms with E-state index in [4.69, 9.17) is 4.42 Å². The first kappa shape index (κ1) is 14.2. The molecule has 2 atom stereocenters. The summed E-state index contributed by atoms with van der Waals surface area (Å²) in [6.45, 7) is 8.91. The van der Waals surface area contributed by atoms with Gasteiger partial charge in [0.15, 0.2) is 0 Å². The minimum Gasteiger partial charge on any atom is -0.465 e. The summed E-state index contributed by atoms with van der Waals surface area (Å²) in [6.07, 6.45) is 6.83. The molecule has 20 heavy (non-hydrogen) atoms. The van der Waals surface area contributed by atoms with Crippen LogP contribution >= 0.6 is 0 Å². The lowest BCUT2D eigenvalue weighted by atomic mass is 9.79. The smallest absolute Gasteiger partial charge is 0.121 e. The minimum absolute atomic E-state index is 0.362. The summed E-state index contributed by atoms with van der Waals surface area (Å²) in [4.78, 5) is 2.64. The van der Waals surface area contributed by atoms with Gasteiger partial charge in [-0.25, -0.2) is 0 Å². The SMILES string of the molecule is Cc1ccc(C(C)N2CC3(CCCCC3)NCC2C)o1. The van der Waals surface area contributed by atoms with E-state index in [1.165, 1.54) is 32.1 Å². The fourth-order valence-corrected chi connectivity index (χ4v) is 3.97. The molecule has 0 radical (unpaired) electrons. The Labute approximate surface area is 122 Å². The van der Waals surface area contributed by atoms with E-state index in [1.807, 2.05) is 6.92 Å². The molecule has 1 spiro atoms. The van der Waals surface area contributed by atoms with Gasteiger partial charge < -0.3 is 9.73 Å². The molecule has 3 rings (SSSR count). The summed E-state index contributed by atoms with van der Waals surface area (Å²) in [7, 11) is 0. The number of piperazine rings is 1. The van der Waals surface area contributed by atoms with Crippen molar-refractivity contribution < 1.29 is 4.42 Å². The van der Waals surface area contributed by atoms with Crippen LogP contribution in [0.1, 0.15) is 63.5 Å². The zero-order valence-electron chi connectivity index (χ0n) is 13.1. The second-order valence-electron chi connectivity index (χ2n) is 6.87. The summed E-state index contributed by atoms with van der Waals surface area (Å²) in [5.74, 6) is 2.13. The Bertz CT molecular complexity index is 448. The Morgan fingerprint density at radius 1 is 1.30 bits per heavy atom. The third-order valence-electron chi connectivity index (χ3n) is 5.30. The van der Waals surface area contributed by atoms with Crippen molar-refractivity contribution in [3.8, 4) is 0 Å². The summed E-state index contributed by atoms with van der Waals surface area (Å²) in [5, 5.41) is 3.85. The quantitative estimate of drug-likeness (QED) is 0.894. The molecule has 0 aromatic carbocycles. The highest BCUT2D eigenvalue weighted by molar-refractivity contribution is 5.11. The van der Waals surface area contributed by atoms with Crippen molar-refractivity contribution in [2.45, 2.75) is 70.5 Å². The third kappa shape index (κ3) is 2.66. The van der Waals surface area contributed by atoms with Crippen molar-refractivity contribution in [2.24, 2.45) is 0 Å². The molecule has 1 aromatic rings. The molecule has 2 fully saturated rings. The summed E-state index contributed by atoms with van der Waals surface area (Å²) >= 11 is 0. The molecular formula is C17H28N2O. The largest absolute Gasteiger partial charge is 0.465 e. The molecule has 3 nitrogen and oxygen atoms in total. The lowest BCUT2D eigenvalue weighted by Crippen LogP contribution is -2.64. The Balaban J connectivity index is 1.76. The molecule has 1 N–H and O–H groups in total. The molecule has 1 saturated heterocycles. The average Bonchev–Trinajstić information content (AvgIpc) is 2.89. The van der Waals surface area contributed by atoms with Gasteiger partial charge in [-0.05, 0) is 45.7 Å². The minimum atomic E-state index is 0.362. The lowest BCUT2D eigenvalue weighted by Gasteiger charge is -2.50. The normalized spacial score (nSPS) is 28.6.